The van der Waals surface area contributed by atoms with Crippen LogP contribution in [0.3, 0.4) is 0 Å². The molecule has 1 aliphatic carbocycles. The van der Waals surface area contributed by atoms with Gasteiger partial charge in [0, 0.05) is 22.5 Å². The lowest BCUT2D eigenvalue weighted by Crippen LogP contribution is -2.39. The number of carbonyl (C=O) groups is 1. The van der Waals surface area contributed by atoms with Gasteiger partial charge in [-0.3, -0.25) is 5.10 Å². The van der Waals surface area contributed by atoms with E-state index in [-0.39, 0.29) is 12.1 Å². The number of aromatic nitrogens is 3. The van der Waals surface area contributed by atoms with Gasteiger partial charge in [0.1, 0.15) is 5.69 Å². The van der Waals surface area contributed by atoms with E-state index in [1.807, 2.05) is 17.0 Å². The van der Waals surface area contributed by atoms with Crippen LogP contribution in [0.4, 0.5) is 4.79 Å². The van der Waals surface area contributed by atoms with E-state index < -0.39 is 0 Å². The van der Waals surface area contributed by atoms with Crippen LogP contribution in [0.25, 0.3) is 22.3 Å². The zero-order valence-corrected chi connectivity index (χ0v) is 13.5. The minimum absolute atomic E-state index is 0.0129. The van der Waals surface area contributed by atoms with E-state index >= 15 is 0 Å². The molecule has 3 N–H and O–H groups in total. The summed E-state index contributed by atoms with van der Waals surface area (Å²) in [7, 11) is 0. The number of urea groups is 1. The van der Waals surface area contributed by atoms with Gasteiger partial charge in [0.15, 0.2) is 0 Å². The van der Waals surface area contributed by atoms with Crippen molar-refractivity contribution < 1.29 is 4.79 Å². The Kier molecular flexibility index (Phi) is 2.77. The molecule has 0 bridgehead atoms. The molecule has 6 heteroatoms. The maximum absolute atomic E-state index is 12.4. The van der Waals surface area contributed by atoms with Crippen molar-refractivity contribution in [2.75, 3.05) is 0 Å². The highest BCUT2D eigenvalue weighted by Gasteiger charge is 2.37. The summed E-state index contributed by atoms with van der Waals surface area (Å²) >= 11 is 0. The monoisotopic (exact) mass is 321 g/mol. The molecule has 3 aromatic rings. The van der Waals surface area contributed by atoms with Crippen LogP contribution < -0.4 is 5.32 Å². The van der Waals surface area contributed by atoms with E-state index in [4.69, 9.17) is 0 Å². The highest BCUT2D eigenvalue weighted by atomic mass is 16.2. The number of H-pyrrole nitrogens is 2. The summed E-state index contributed by atoms with van der Waals surface area (Å²) in [5.74, 6) is 0. The van der Waals surface area contributed by atoms with Gasteiger partial charge in [-0.25, -0.2) is 4.79 Å². The predicted molar refractivity (Wildman–Crippen MR) is 91.4 cm³/mol. The van der Waals surface area contributed by atoms with Crippen LogP contribution in [-0.4, -0.2) is 32.2 Å². The number of para-hydroxylation sites is 1. The highest BCUT2D eigenvalue weighted by molar-refractivity contribution is 5.86. The standard InChI is InChI=1S/C18H19N5O/c1-10-16-15(9-23(10)18(24)19-12-6-7-12)21-22-17(16)14-8-11-4-2-3-5-13(11)20-14/h2-5,8,10,12,20H,6-7,9H2,1H3,(H,19,24)(H,21,22). The van der Waals surface area contributed by atoms with E-state index in [0.717, 1.165) is 41.0 Å². The molecule has 122 valence electrons. The average molecular weight is 321 g/mol. The number of nitrogens with zero attached hydrogens (tertiary/aromatic N) is 2. The van der Waals surface area contributed by atoms with Crippen LogP contribution in [0, 0.1) is 0 Å². The molecule has 2 aromatic heterocycles. The third-order valence-electron chi connectivity index (χ3n) is 5.05. The number of nitrogens with one attached hydrogen (secondary N) is 3. The minimum atomic E-state index is 0.0129. The van der Waals surface area contributed by atoms with Crippen molar-refractivity contribution in [1.82, 2.24) is 25.4 Å². The number of amides is 2. The van der Waals surface area contributed by atoms with Crippen LogP contribution in [0.1, 0.15) is 37.1 Å². The predicted octanol–water partition coefficient (Wildman–Crippen LogP) is 3.31. The average Bonchev–Trinajstić information content (AvgIpc) is 3.03. The van der Waals surface area contributed by atoms with E-state index in [9.17, 15) is 4.79 Å². The first-order chi connectivity index (χ1) is 11.7. The maximum Gasteiger partial charge on any atom is 0.318 e. The first-order valence-corrected chi connectivity index (χ1v) is 8.43. The van der Waals surface area contributed by atoms with Crippen LogP contribution in [0.2, 0.25) is 0 Å². The van der Waals surface area contributed by atoms with Crippen molar-refractivity contribution in [1.29, 1.82) is 0 Å². The summed E-state index contributed by atoms with van der Waals surface area (Å²) in [5.41, 5.74) is 5.15. The Labute approximate surface area is 139 Å². The van der Waals surface area contributed by atoms with Gasteiger partial charge in [-0.15, -0.1) is 0 Å². The third kappa shape index (κ3) is 2.02. The van der Waals surface area contributed by atoms with Crippen molar-refractivity contribution in [2.45, 2.75) is 38.4 Å². The number of hydrogen-bond acceptors (Lipinski definition) is 2. The molecule has 3 heterocycles. The fraction of sp³-hybridized carbons (Fsp3) is 0.333. The molecule has 2 amide bonds. The molecular weight excluding hydrogens is 302 g/mol. The summed E-state index contributed by atoms with van der Waals surface area (Å²) < 4.78 is 0. The van der Waals surface area contributed by atoms with Crippen molar-refractivity contribution in [3.05, 3.63) is 41.6 Å². The molecule has 24 heavy (non-hydrogen) atoms. The second kappa shape index (κ2) is 4.87. The lowest BCUT2D eigenvalue weighted by Gasteiger charge is -2.22. The second-order valence-electron chi connectivity index (χ2n) is 6.76. The summed E-state index contributed by atoms with van der Waals surface area (Å²) in [6.07, 6.45) is 2.20. The zero-order chi connectivity index (χ0) is 16.3. The Bertz CT molecular complexity index is 903. The smallest absolute Gasteiger partial charge is 0.318 e. The third-order valence-corrected chi connectivity index (χ3v) is 5.05. The van der Waals surface area contributed by atoms with Crippen LogP contribution in [0.15, 0.2) is 30.3 Å². The Morgan fingerprint density at radius 2 is 2.17 bits per heavy atom. The fourth-order valence-electron chi connectivity index (χ4n) is 3.56. The Morgan fingerprint density at radius 1 is 1.33 bits per heavy atom. The molecule has 0 saturated heterocycles. The molecular formula is C18H19N5O. The number of fused-ring (bicyclic) bond motifs is 2. The first-order valence-electron chi connectivity index (χ1n) is 8.43. The van der Waals surface area contributed by atoms with Crippen molar-refractivity contribution in [3.63, 3.8) is 0 Å². The van der Waals surface area contributed by atoms with Gasteiger partial charge >= 0.3 is 6.03 Å². The molecule has 1 aliphatic heterocycles. The molecule has 1 fully saturated rings. The summed E-state index contributed by atoms with van der Waals surface area (Å²) in [4.78, 5) is 17.7. The molecule has 5 rings (SSSR count). The van der Waals surface area contributed by atoms with Gasteiger partial charge in [0.2, 0.25) is 0 Å². The summed E-state index contributed by atoms with van der Waals surface area (Å²) in [5, 5.41) is 11.9. The van der Waals surface area contributed by atoms with Gasteiger partial charge in [-0.1, -0.05) is 18.2 Å². The highest BCUT2D eigenvalue weighted by Crippen LogP contribution is 2.39. The van der Waals surface area contributed by atoms with Crippen LogP contribution >= 0.6 is 0 Å². The Hall–Kier alpha value is -2.76. The molecule has 1 aromatic carbocycles. The second-order valence-corrected chi connectivity index (χ2v) is 6.76. The van der Waals surface area contributed by atoms with E-state index in [1.54, 1.807) is 0 Å². The summed E-state index contributed by atoms with van der Waals surface area (Å²) in [6.45, 7) is 2.66. The first kappa shape index (κ1) is 13.7. The molecule has 6 nitrogen and oxygen atoms in total. The fourth-order valence-corrected chi connectivity index (χ4v) is 3.56. The SMILES string of the molecule is CC1c2c(-c3cc4ccccc4[nH]3)n[nH]c2CN1C(=O)NC1CC1. The molecule has 0 spiro atoms. The summed E-state index contributed by atoms with van der Waals surface area (Å²) in [6, 6.07) is 10.7. The Morgan fingerprint density at radius 3 is 2.96 bits per heavy atom. The molecule has 1 atom stereocenters. The number of aromatic amines is 2. The quantitative estimate of drug-likeness (QED) is 0.677. The van der Waals surface area contributed by atoms with Crippen molar-refractivity contribution in [2.24, 2.45) is 0 Å². The normalized spacial score (nSPS) is 19.7. The van der Waals surface area contributed by atoms with Gasteiger partial charge < -0.3 is 15.2 Å². The number of rotatable bonds is 2. The molecule has 0 radical (unpaired) electrons. The lowest BCUT2D eigenvalue weighted by molar-refractivity contribution is 0.183. The van der Waals surface area contributed by atoms with Crippen molar-refractivity contribution in [3.8, 4) is 11.4 Å². The Balaban J connectivity index is 1.50. The molecule has 2 aliphatic rings. The maximum atomic E-state index is 12.4. The number of carbonyl (C=O) groups excluding carboxylic acids is 1. The van der Waals surface area contributed by atoms with E-state index in [0.29, 0.717) is 12.6 Å². The van der Waals surface area contributed by atoms with Gasteiger partial charge in [-0.2, -0.15) is 5.10 Å². The topological polar surface area (TPSA) is 76.8 Å². The van der Waals surface area contributed by atoms with Gasteiger partial charge in [0.05, 0.1) is 24.0 Å². The van der Waals surface area contributed by atoms with Crippen LogP contribution in [-0.2, 0) is 6.54 Å². The number of hydrogen-bond donors (Lipinski definition) is 3. The van der Waals surface area contributed by atoms with Crippen LogP contribution in [0.5, 0.6) is 0 Å². The minimum Gasteiger partial charge on any atom is -0.353 e. The largest absolute Gasteiger partial charge is 0.353 e. The van der Waals surface area contributed by atoms with Gasteiger partial charge in [-0.05, 0) is 31.9 Å². The molecule has 1 saturated carbocycles. The zero-order valence-electron chi connectivity index (χ0n) is 13.5. The lowest BCUT2D eigenvalue weighted by atomic mass is 10.1. The number of benzene rings is 1. The molecule has 1 unspecified atom stereocenters. The van der Waals surface area contributed by atoms with Crippen molar-refractivity contribution >= 4 is 16.9 Å². The van der Waals surface area contributed by atoms with E-state index in [1.165, 1.54) is 5.39 Å². The van der Waals surface area contributed by atoms with Gasteiger partial charge in [0.25, 0.3) is 0 Å². The van der Waals surface area contributed by atoms with E-state index in [2.05, 4.69) is 45.6 Å².